The van der Waals surface area contributed by atoms with Gasteiger partial charge in [-0.15, -0.1) is 0 Å². The molecule has 0 saturated heterocycles. The Labute approximate surface area is 113 Å². The molecule has 5 N–H and O–H groups in total. The van der Waals surface area contributed by atoms with Crippen molar-refractivity contribution < 1.29 is 29.0 Å². The molecule has 0 saturated carbocycles. The van der Waals surface area contributed by atoms with Crippen LogP contribution in [0.4, 0.5) is 4.39 Å². The highest BCUT2D eigenvalue weighted by atomic mass is 19.1. The SMILES string of the molecule is NC(=O)CC[C@H](NC(=O)c1ccc(F)cc1O)C(=O)O. The minimum Gasteiger partial charge on any atom is -0.507 e. The van der Waals surface area contributed by atoms with Crippen molar-refractivity contribution in [1.82, 2.24) is 5.32 Å². The Morgan fingerprint density at radius 2 is 2.00 bits per heavy atom. The number of carboxylic acid groups (broad SMARTS) is 1. The van der Waals surface area contributed by atoms with Crippen LogP contribution in [0, 0.1) is 5.82 Å². The number of phenols is 1. The zero-order valence-corrected chi connectivity index (χ0v) is 10.3. The van der Waals surface area contributed by atoms with Crippen molar-refractivity contribution in [2.75, 3.05) is 0 Å². The molecule has 0 radical (unpaired) electrons. The summed E-state index contributed by atoms with van der Waals surface area (Å²) < 4.78 is 12.8. The Hall–Kier alpha value is -2.64. The van der Waals surface area contributed by atoms with Crippen LogP contribution in [0.25, 0.3) is 0 Å². The van der Waals surface area contributed by atoms with E-state index in [0.717, 1.165) is 18.2 Å². The molecule has 108 valence electrons. The first-order valence-electron chi connectivity index (χ1n) is 5.61. The summed E-state index contributed by atoms with van der Waals surface area (Å²) in [6.07, 6.45) is -0.398. The minimum absolute atomic E-state index is 0.182. The quantitative estimate of drug-likeness (QED) is 0.583. The van der Waals surface area contributed by atoms with Crippen LogP contribution in [0.3, 0.4) is 0 Å². The largest absolute Gasteiger partial charge is 0.507 e. The standard InChI is InChI=1S/C12H13FN2O5/c13-6-1-2-7(9(16)5-6)11(18)15-8(12(19)20)3-4-10(14)17/h1-2,5,8,16H,3-4H2,(H2,14,17)(H,15,18)(H,19,20)/t8-/m0/s1. The number of halogens is 1. The number of hydrogen-bond acceptors (Lipinski definition) is 4. The number of primary amides is 1. The van der Waals surface area contributed by atoms with Crippen molar-refractivity contribution in [3.05, 3.63) is 29.6 Å². The van der Waals surface area contributed by atoms with Crippen molar-refractivity contribution in [2.45, 2.75) is 18.9 Å². The molecule has 0 spiro atoms. The third-order valence-corrected chi connectivity index (χ3v) is 2.49. The van der Waals surface area contributed by atoms with E-state index in [1.54, 1.807) is 0 Å². The van der Waals surface area contributed by atoms with E-state index < -0.39 is 35.4 Å². The zero-order valence-electron chi connectivity index (χ0n) is 10.3. The molecular formula is C12H13FN2O5. The summed E-state index contributed by atoms with van der Waals surface area (Å²) in [5, 5.41) is 20.4. The van der Waals surface area contributed by atoms with Gasteiger partial charge in [0, 0.05) is 12.5 Å². The number of phenolic OH excluding ortho intramolecular Hbond substituents is 1. The topological polar surface area (TPSA) is 130 Å². The number of carboxylic acids is 1. The van der Waals surface area contributed by atoms with E-state index in [0.29, 0.717) is 0 Å². The van der Waals surface area contributed by atoms with Crippen molar-refractivity contribution in [3.8, 4) is 5.75 Å². The van der Waals surface area contributed by atoms with Gasteiger partial charge in [-0.25, -0.2) is 9.18 Å². The molecule has 0 unspecified atom stereocenters. The van der Waals surface area contributed by atoms with E-state index in [9.17, 15) is 23.9 Å². The van der Waals surface area contributed by atoms with Gasteiger partial charge in [-0.1, -0.05) is 0 Å². The smallest absolute Gasteiger partial charge is 0.326 e. The minimum atomic E-state index is -1.35. The number of carbonyl (C=O) groups is 3. The van der Waals surface area contributed by atoms with Crippen LogP contribution < -0.4 is 11.1 Å². The summed E-state index contributed by atoms with van der Waals surface area (Å²) in [6, 6.07) is 1.37. The van der Waals surface area contributed by atoms with E-state index in [4.69, 9.17) is 10.8 Å². The van der Waals surface area contributed by atoms with Gasteiger partial charge >= 0.3 is 5.97 Å². The molecule has 2 amide bonds. The average Bonchev–Trinajstić information content (AvgIpc) is 2.33. The number of benzene rings is 1. The first-order valence-corrected chi connectivity index (χ1v) is 5.61. The van der Waals surface area contributed by atoms with Gasteiger partial charge in [0.15, 0.2) is 0 Å². The Balaban J connectivity index is 2.80. The Morgan fingerprint density at radius 1 is 1.35 bits per heavy atom. The molecular weight excluding hydrogens is 271 g/mol. The average molecular weight is 284 g/mol. The molecule has 0 heterocycles. The van der Waals surface area contributed by atoms with E-state index >= 15 is 0 Å². The van der Waals surface area contributed by atoms with Gasteiger partial charge < -0.3 is 21.3 Å². The maximum absolute atomic E-state index is 12.8. The number of aromatic hydroxyl groups is 1. The molecule has 1 aromatic rings. The summed E-state index contributed by atoms with van der Waals surface area (Å²) in [6.45, 7) is 0. The van der Waals surface area contributed by atoms with Crippen LogP contribution in [0.1, 0.15) is 23.2 Å². The van der Waals surface area contributed by atoms with Gasteiger partial charge in [0.2, 0.25) is 5.91 Å². The molecule has 8 heteroatoms. The highest BCUT2D eigenvalue weighted by molar-refractivity contribution is 5.98. The molecule has 1 aromatic carbocycles. The first kappa shape index (κ1) is 15.4. The summed E-state index contributed by atoms with van der Waals surface area (Å²) >= 11 is 0. The van der Waals surface area contributed by atoms with Crippen LogP contribution in [-0.2, 0) is 9.59 Å². The zero-order chi connectivity index (χ0) is 15.3. The van der Waals surface area contributed by atoms with Gasteiger partial charge in [0.25, 0.3) is 5.91 Å². The predicted molar refractivity (Wildman–Crippen MR) is 65.4 cm³/mol. The third-order valence-electron chi connectivity index (χ3n) is 2.49. The number of amides is 2. The molecule has 0 aromatic heterocycles. The van der Waals surface area contributed by atoms with Crippen LogP contribution in [0.5, 0.6) is 5.75 Å². The van der Waals surface area contributed by atoms with Crippen LogP contribution in [0.15, 0.2) is 18.2 Å². The molecule has 0 fully saturated rings. The number of rotatable bonds is 6. The van der Waals surface area contributed by atoms with Crippen LogP contribution >= 0.6 is 0 Å². The second-order valence-electron chi connectivity index (χ2n) is 4.03. The predicted octanol–water partition coefficient (Wildman–Crippen LogP) is -0.0202. The third kappa shape index (κ3) is 4.23. The Kier molecular flexibility index (Phi) is 5.01. The Bertz CT molecular complexity index is 547. The highest BCUT2D eigenvalue weighted by Crippen LogP contribution is 2.18. The molecule has 20 heavy (non-hydrogen) atoms. The van der Waals surface area contributed by atoms with Gasteiger partial charge in [0.05, 0.1) is 5.56 Å². The second-order valence-corrected chi connectivity index (χ2v) is 4.03. The van der Waals surface area contributed by atoms with Gasteiger partial charge in [-0.05, 0) is 18.6 Å². The van der Waals surface area contributed by atoms with E-state index in [1.165, 1.54) is 0 Å². The lowest BCUT2D eigenvalue weighted by Crippen LogP contribution is -2.41. The Morgan fingerprint density at radius 3 is 2.50 bits per heavy atom. The van der Waals surface area contributed by atoms with E-state index in [2.05, 4.69) is 5.32 Å². The number of nitrogens with one attached hydrogen (secondary N) is 1. The van der Waals surface area contributed by atoms with Crippen molar-refractivity contribution in [1.29, 1.82) is 0 Å². The lowest BCUT2D eigenvalue weighted by molar-refractivity contribution is -0.139. The van der Waals surface area contributed by atoms with Gasteiger partial charge in [0.1, 0.15) is 17.6 Å². The number of hydrogen-bond donors (Lipinski definition) is 4. The van der Waals surface area contributed by atoms with Gasteiger partial charge in [-0.2, -0.15) is 0 Å². The first-order chi connectivity index (χ1) is 9.31. The molecule has 0 aliphatic rings. The normalized spacial score (nSPS) is 11.7. The van der Waals surface area contributed by atoms with Crippen LogP contribution in [0.2, 0.25) is 0 Å². The van der Waals surface area contributed by atoms with E-state index in [1.807, 2.05) is 0 Å². The summed E-state index contributed by atoms with van der Waals surface area (Å²) in [7, 11) is 0. The maximum Gasteiger partial charge on any atom is 0.326 e. The monoisotopic (exact) mass is 284 g/mol. The van der Waals surface area contributed by atoms with Crippen molar-refractivity contribution in [2.24, 2.45) is 5.73 Å². The van der Waals surface area contributed by atoms with Gasteiger partial charge in [-0.3, -0.25) is 9.59 Å². The van der Waals surface area contributed by atoms with Crippen LogP contribution in [-0.4, -0.2) is 34.0 Å². The number of carbonyl (C=O) groups excluding carboxylic acids is 2. The fraction of sp³-hybridized carbons (Fsp3) is 0.250. The molecule has 1 rings (SSSR count). The summed E-state index contributed by atoms with van der Waals surface area (Å²) in [5.41, 5.74) is 4.63. The van der Waals surface area contributed by atoms with Crippen molar-refractivity contribution in [3.63, 3.8) is 0 Å². The second kappa shape index (κ2) is 6.50. The molecule has 0 aliphatic carbocycles. The number of aliphatic carboxylic acids is 1. The lowest BCUT2D eigenvalue weighted by Gasteiger charge is -2.14. The maximum atomic E-state index is 12.8. The summed E-state index contributed by atoms with van der Waals surface area (Å²) in [4.78, 5) is 33.3. The van der Waals surface area contributed by atoms with E-state index in [-0.39, 0.29) is 18.4 Å². The molecule has 1 atom stereocenters. The fourth-order valence-electron chi connectivity index (χ4n) is 1.48. The van der Waals surface area contributed by atoms with Crippen molar-refractivity contribution >= 4 is 17.8 Å². The summed E-state index contributed by atoms with van der Waals surface area (Å²) in [5.74, 6) is -4.28. The molecule has 7 nitrogen and oxygen atoms in total. The fourth-order valence-corrected chi connectivity index (χ4v) is 1.48. The lowest BCUT2D eigenvalue weighted by atomic mass is 10.1. The molecule has 0 aliphatic heterocycles. The number of nitrogens with two attached hydrogens (primary N) is 1. The highest BCUT2D eigenvalue weighted by Gasteiger charge is 2.22. The molecule has 0 bridgehead atoms.